The molecule has 2 heterocycles. The van der Waals surface area contributed by atoms with Crippen LogP contribution in [-0.4, -0.2) is 39.9 Å². The van der Waals surface area contributed by atoms with E-state index < -0.39 is 0 Å². The third kappa shape index (κ3) is 3.01. The number of amides is 1. The van der Waals surface area contributed by atoms with Crippen LogP contribution in [0.1, 0.15) is 16.8 Å². The van der Waals surface area contributed by atoms with Gasteiger partial charge in [-0.3, -0.25) is 9.48 Å². The largest absolute Gasteiger partial charge is 0.506 e. The minimum absolute atomic E-state index is 0.0261. The second-order valence-electron chi connectivity index (χ2n) is 5.44. The van der Waals surface area contributed by atoms with E-state index in [-0.39, 0.29) is 22.7 Å². The molecule has 0 bridgehead atoms. The number of nitrogens with zero attached hydrogens (tertiary/aromatic N) is 3. The Hall–Kier alpha value is -2.21. The van der Waals surface area contributed by atoms with Crippen molar-refractivity contribution >= 4 is 23.2 Å². The molecule has 116 valence electrons. The fourth-order valence-electron chi connectivity index (χ4n) is 2.60. The van der Waals surface area contributed by atoms with Gasteiger partial charge in [-0.1, -0.05) is 11.6 Å². The normalized spacial score (nSPS) is 17.7. The van der Waals surface area contributed by atoms with Crippen LogP contribution in [-0.2, 0) is 7.05 Å². The Kier molecular flexibility index (Phi) is 3.94. The maximum absolute atomic E-state index is 12.2. The van der Waals surface area contributed by atoms with Crippen molar-refractivity contribution in [3.8, 4) is 5.75 Å². The molecule has 1 aliphatic rings. The molecule has 1 aromatic heterocycles. The molecule has 1 amide bonds. The zero-order valence-corrected chi connectivity index (χ0v) is 12.9. The molecule has 1 fully saturated rings. The lowest BCUT2D eigenvalue weighted by molar-refractivity contribution is 0.0940. The van der Waals surface area contributed by atoms with Crippen LogP contribution >= 0.6 is 11.6 Å². The van der Waals surface area contributed by atoms with Gasteiger partial charge in [0.1, 0.15) is 5.75 Å². The topological polar surface area (TPSA) is 70.4 Å². The minimum atomic E-state index is -0.181. The lowest BCUT2D eigenvalue weighted by Gasteiger charge is -2.17. The van der Waals surface area contributed by atoms with E-state index in [4.69, 9.17) is 11.6 Å². The highest BCUT2D eigenvalue weighted by atomic mass is 35.5. The predicted octanol–water partition coefficient (Wildman–Crippen LogP) is 1.79. The molecular formula is C15H17ClN4O2. The number of aromatic hydroxyl groups is 1. The van der Waals surface area contributed by atoms with Crippen LogP contribution in [0.4, 0.5) is 5.69 Å². The van der Waals surface area contributed by atoms with E-state index in [1.54, 1.807) is 10.7 Å². The van der Waals surface area contributed by atoms with Crippen LogP contribution in [0.15, 0.2) is 30.6 Å². The summed E-state index contributed by atoms with van der Waals surface area (Å²) in [6.07, 6.45) is 4.67. The molecule has 1 atom stereocenters. The van der Waals surface area contributed by atoms with Crippen molar-refractivity contribution in [2.45, 2.75) is 12.5 Å². The number of hydrogen-bond donors (Lipinski definition) is 2. The number of hydrogen-bond acceptors (Lipinski definition) is 4. The van der Waals surface area contributed by atoms with Crippen LogP contribution in [0.2, 0.25) is 5.02 Å². The predicted molar refractivity (Wildman–Crippen MR) is 84.4 cm³/mol. The maximum Gasteiger partial charge on any atom is 0.251 e. The van der Waals surface area contributed by atoms with Crippen LogP contribution in [0, 0.1) is 0 Å². The zero-order valence-electron chi connectivity index (χ0n) is 12.2. The summed E-state index contributed by atoms with van der Waals surface area (Å²) < 4.78 is 1.76. The quantitative estimate of drug-likeness (QED) is 0.904. The summed E-state index contributed by atoms with van der Waals surface area (Å²) in [6, 6.07) is 4.54. The van der Waals surface area contributed by atoms with E-state index >= 15 is 0 Å². The van der Waals surface area contributed by atoms with E-state index in [0.29, 0.717) is 5.56 Å². The molecule has 3 rings (SSSR count). The Bertz CT molecular complexity index is 701. The van der Waals surface area contributed by atoms with Gasteiger partial charge < -0.3 is 15.3 Å². The second-order valence-corrected chi connectivity index (χ2v) is 5.85. The standard InChI is InChI=1S/C15H17ClN4O2/c1-19-9-12(7-17-19)20-5-4-11(8-20)18-15(22)10-2-3-14(21)13(16)6-10/h2-3,6-7,9,11,21H,4-5,8H2,1H3,(H,18,22). The molecule has 2 aromatic rings. The van der Waals surface area contributed by atoms with Gasteiger partial charge in [0.15, 0.2) is 0 Å². The monoisotopic (exact) mass is 320 g/mol. The van der Waals surface area contributed by atoms with Gasteiger partial charge in [-0.05, 0) is 24.6 Å². The number of rotatable bonds is 3. The van der Waals surface area contributed by atoms with Gasteiger partial charge in [0.05, 0.1) is 16.9 Å². The highest BCUT2D eigenvalue weighted by Crippen LogP contribution is 2.24. The third-order valence-corrected chi connectivity index (χ3v) is 4.09. The number of halogens is 1. The van der Waals surface area contributed by atoms with Crippen molar-refractivity contribution in [3.05, 3.63) is 41.2 Å². The van der Waals surface area contributed by atoms with Crippen molar-refractivity contribution in [1.82, 2.24) is 15.1 Å². The lowest BCUT2D eigenvalue weighted by Crippen LogP contribution is -2.37. The number of benzene rings is 1. The number of aryl methyl sites for hydroxylation is 1. The smallest absolute Gasteiger partial charge is 0.251 e. The Morgan fingerprint density at radius 3 is 3.00 bits per heavy atom. The number of phenols is 1. The fraction of sp³-hybridized carbons (Fsp3) is 0.333. The van der Waals surface area contributed by atoms with Gasteiger partial charge in [-0.25, -0.2) is 0 Å². The van der Waals surface area contributed by atoms with Crippen molar-refractivity contribution in [3.63, 3.8) is 0 Å². The van der Waals surface area contributed by atoms with Gasteiger partial charge >= 0.3 is 0 Å². The second kappa shape index (κ2) is 5.88. The van der Waals surface area contributed by atoms with Crippen LogP contribution in [0.25, 0.3) is 0 Å². The van der Waals surface area contributed by atoms with E-state index in [0.717, 1.165) is 25.2 Å². The Morgan fingerprint density at radius 2 is 2.32 bits per heavy atom. The molecule has 2 N–H and O–H groups in total. The summed E-state index contributed by atoms with van der Waals surface area (Å²) in [7, 11) is 1.88. The molecule has 22 heavy (non-hydrogen) atoms. The molecule has 0 radical (unpaired) electrons. The number of carbonyl (C=O) groups excluding carboxylic acids is 1. The minimum Gasteiger partial charge on any atom is -0.506 e. The van der Waals surface area contributed by atoms with Crippen LogP contribution in [0.5, 0.6) is 5.75 Å². The average Bonchev–Trinajstić information content (AvgIpc) is 3.10. The number of carbonyl (C=O) groups is 1. The molecule has 6 nitrogen and oxygen atoms in total. The number of anilines is 1. The Labute approximate surface area is 133 Å². The van der Waals surface area contributed by atoms with E-state index in [2.05, 4.69) is 15.3 Å². The van der Waals surface area contributed by atoms with Crippen molar-refractivity contribution in [2.75, 3.05) is 18.0 Å². The van der Waals surface area contributed by atoms with E-state index in [1.807, 2.05) is 19.4 Å². The maximum atomic E-state index is 12.2. The van der Waals surface area contributed by atoms with Crippen LogP contribution in [0.3, 0.4) is 0 Å². The van der Waals surface area contributed by atoms with E-state index in [9.17, 15) is 9.90 Å². The highest BCUT2D eigenvalue weighted by Gasteiger charge is 2.25. The van der Waals surface area contributed by atoms with Gasteiger partial charge in [-0.2, -0.15) is 5.10 Å². The number of phenolic OH excluding ortho intramolecular Hbond substituents is 1. The third-order valence-electron chi connectivity index (χ3n) is 3.79. The van der Waals surface area contributed by atoms with Gasteiger partial charge in [-0.15, -0.1) is 0 Å². The van der Waals surface area contributed by atoms with E-state index in [1.165, 1.54) is 12.1 Å². The first-order chi connectivity index (χ1) is 10.5. The van der Waals surface area contributed by atoms with Crippen molar-refractivity contribution in [1.29, 1.82) is 0 Å². The number of nitrogens with one attached hydrogen (secondary N) is 1. The Balaban J connectivity index is 1.62. The average molecular weight is 321 g/mol. The molecular weight excluding hydrogens is 304 g/mol. The van der Waals surface area contributed by atoms with Gasteiger partial charge in [0, 0.05) is 37.9 Å². The molecule has 1 saturated heterocycles. The molecule has 1 aromatic carbocycles. The van der Waals surface area contributed by atoms with Crippen molar-refractivity contribution < 1.29 is 9.90 Å². The summed E-state index contributed by atoms with van der Waals surface area (Å²) in [5, 5.41) is 16.7. The SMILES string of the molecule is Cn1cc(N2CCC(NC(=O)c3ccc(O)c(Cl)c3)C2)cn1. The molecule has 0 saturated carbocycles. The van der Waals surface area contributed by atoms with Gasteiger partial charge in [0.2, 0.25) is 0 Å². The van der Waals surface area contributed by atoms with Crippen molar-refractivity contribution in [2.24, 2.45) is 7.05 Å². The Morgan fingerprint density at radius 1 is 1.50 bits per heavy atom. The molecule has 7 heteroatoms. The molecule has 1 aliphatic heterocycles. The fourth-order valence-corrected chi connectivity index (χ4v) is 2.78. The summed E-state index contributed by atoms with van der Waals surface area (Å²) in [4.78, 5) is 14.4. The summed E-state index contributed by atoms with van der Waals surface area (Å²) in [5.41, 5.74) is 1.51. The summed E-state index contributed by atoms with van der Waals surface area (Å²) in [6.45, 7) is 1.64. The zero-order chi connectivity index (χ0) is 15.7. The molecule has 0 aliphatic carbocycles. The highest BCUT2D eigenvalue weighted by molar-refractivity contribution is 6.32. The molecule has 1 unspecified atom stereocenters. The lowest BCUT2D eigenvalue weighted by atomic mass is 10.2. The number of aromatic nitrogens is 2. The summed E-state index contributed by atoms with van der Waals surface area (Å²) >= 11 is 5.83. The van der Waals surface area contributed by atoms with Gasteiger partial charge in [0.25, 0.3) is 5.91 Å². The first-order valence-corrected chi connectivity index (χ1v) is 7.43. The first kappa shape index (κ1) is 14.7. The van der Waals surface area contributed by atoms with Crippen LogP contribution < -0.4 is 10.2 Å². The first-order valence-electron chi connectivity index (χ1n) is 7.06. The summed E-state index contributed by atoms with van der Waals surface area (Å²) in [5.74, 6) is -0.207. The molecule has 0 spiro atoms.